The fraction of sp³-hybridized carbons (Fsp3) is 0.625. The van der Waals surface area contributed by atoms with Crippen LogP contribution < -0.4 is 0 Å². The van der Waals surface area contributed by atoms with Gasteiger partial charge in [0.15, 0.2) is 0 Å². The molecule has 1 saturated carbocycles. The molecule has 0 radical (unpaired) electrons. The molecule has 0 aromatic heterocycles. The maximum Gasteiger partial charge on any atom is 0.274 e. The third-order valence-corrected chi connectivity index (χ3v) is 4.90. The molecule has 1 aromatic carbocycles. The van der Waals surface area contributed by atoms with E-state index in [9.17, 15) is 8.78 Å². The molecule has 1 fully saturated rings. The van der Waals surface area contributed by atoms with Gasteiger partial charge in [-0.2, -0.15) is 0 Å². The van der Waals surface area contributed by atoms with Gasteiger partial charge < -0.3 is 0 Å². The first-order valence-corrected chi connectivity index (χ1v) is 7.01. The zero-order valence-corrected chi connectivity index (χ0v) is 11.2. The van der Waals surface area contributed by atoms with Crippen molar-refractivity contribution in [3.63, 3.8) is 0 Å². The summed E-state index contributed by atoms with van der Waals surface area (Å²) in [7, 11) is 0. The number of halogens is 2. The van der Waals surface area contributed by atoms with Crippen LogP contribution in [-0.4, -0.2) is 0 Å². The Kier molecular flexibility index (Phi) is 2.55. The van der Waals surface area contributed by atoms with Crippen molar-refractivity contribution in [2.45, 2.75) is 63.7 Å². The molecule has 0 amide bonds. The number of rotatable bonds is 1. The molecule has 0 atom stereocenters. The second-order valence-corrected chi connectivity index (χ2v) is 6.01. The van der Waals surface area contributed by atoms with E-state index in [1.165, 1.54) is 0 Å². The molecular weight excluding hydrogens is 230 g/mol. The highest BCUT2D eigenvalue weighted by molar-refractivity contribution is 5.52. The predicted molar refractivity (Wildman–Crippen MR) is 69.2 cm³/mol. The minimum Gasteiger partial charge on any atom is -0.201 e. The Morgan fingerprint density at radius 1 is 1.11 bits per heavy atom. The molecule has 2 aliphatic rings. The normalized spacial score (nSPS) is 23.6. The van der Waals surface area contributed by atoms with Gasteiger partial charge in [-0.3, -0.25) is 0 Å². The topological polar surface area (TPSA) is 0 Å². The highest BCUT2D eigenvalue weighted by Gasteiger charge is 2.55. The van der Waals surface area contributed by atoms with Gasteiger partial charge in [0.05, 0.1) is 0 Å². The largest absolute Gasteiger partial charge is 0.274 e. The molecule has 18 heavy (non-hydrogen) atoms. The van der Waals surface area contributed by atoms with E-state index in [1.807, 2.05) is 13.0 Å². The van der Waals surface area contributed by atoms with E-state index in [0.717, 1.165) is 48.8 Å². The standard InChI is InChI=1S/C16H20F2/c1-3-12-7-6-11(2)13-14(12)15(8-4-5-9-15)10-16(13,17)18/h6-7H,3-5,8-10H2,1-2H3. The molecular formula is C16H20F2. The molecule has 0 saturated heterocycles. The summed E-state index contributed by atoms with van der Waals surface area (Å²) in [5.74, 6) is -2.62. The van der Waals surface area contributed by atoms with Crippen molar-refractivity contribution in [3.8, 4) is 0 Å². The Labute approximate surface area is 107 Å². The number of hydrogen-bond acceptors (Lipinski definition) is 0. The summed E-state index contributed by atoms with van der Waals surface area (Å²) in [4.78, 5) is 0. The number of alkyl halides is 2. The van der Waals surface area contributed by atoms with Crippen molar-refractivity contribution >= 4 is 0 Å². The zero-order chi connectivity index (χ0) is 13.0. The lowest BCUT2D eigenvalue weighted by Gasteiger charge is -2.26. The Morgan fingerprint density at radius 2 is 1.78 bits per heavy atom. The molecule has 0 bridgehead atoms. The van der Waals surface area contributed by atoms with E-state index in [4.69, 9.17) is 0 Å². The number of aryl methyl sites for hydroxylation is 2. The van der Waals surface area contributed by atoms with Crippen LogP contribution in [0.1, 0.15) is 61.3 Å². The van der Waals surface area contributed by atoms with Crippen molar-refractivity contribution in [1.82, 2.24) is 0 Å². The van der Waals surface area contributed by atoms with Crippen LogP contribution in [0, 0.1) is 6.92 Å². The van der Waals surface area contributed by atoms with Crippen LogP contribution in [-0.2, 0) is 17.8 Å². The Balaban J connectivity index is 2.28. The second-order valence-electron chi connectivity index (χ2n) is 6.01. The lowest BCUT2D eigenvalue weighted by molar-refractivity contribution is -0.0178. The van der Waals surface area contributed by atoms with Crippen LogP contribution in [0.3, 0.4) is 0 Å². The van der Waals surface area contributed by atoms with Crippen molar-refractivity contribution in [1.29, 1.82) is 0 Å². The molecule has 0 heterocycles. The average Bonchev–Trinajstić information content (AvgIpc) is 2.85. The first-order valence-electron chi connectivity index (χ1n) is 7.01. The Morgan fingerprint density at radius 3 is 2.39 bits per heavy atom. The summed E-state index contributed by atoms with van der Waals surface area (Å²) in [5, 5.41) is 0. The maximum atomic E-state index is 14.4. The van der Waals surface area contributed by atoms with Crippen LogP contribution in [0.25, 0.3) is 0 Å². The van der Waals surface area contributed by atoms with Crippen LogP contribution in [0.4, 0.5) is 8.78 Å². The molecule has 0 unspecified atom stereocenters. The Hall–Kier alpha value is -0.920. The molecule has 98 valence electrons. The Bertz CT molecular complexity index is 482. The van der Waals surface area contributed by atoms with Crippen LogP contribution >= 0.6 is 0 Å². The van der Waals surface area contributed by atoms with Gasteiger partial charge in [0.25, 0.3) is 5.92 Å². The zero-order valence-electron chi connectivity index (χ0n) is 11.2. The fourth-order valence-electron chi connectivity index (χ4n) is 4.20. The quantitative estimate of drug-likeness (QED) is 0.667. The molecule has 3 rings (SSSR count). The monoisotopic (exact) mass is 250 g/mol. The molecule has 1 spiro atoms. The first-order chi connectivity index (χ1) is 8.50. The SMILES string of the molecule is CCc1ccc(C)c2c1C1(CCCC1)CC2(F)F. The van der Waals surface area contributed by atoms with Crippen LogP contribution in [0.15, 0.2) is 12.1 Å². The van der Waals surface area contributed by atoms with E-state index < -0.39 is 5.92 Å². The van der Waals surface area contributed by atoms with Crippen molar-refractivity contribution in [3.05, 3.63) is 34.4 Å². The summed E-state index contributed by atoms with van der Waals surface area (Å²) in [6, 6.07) is 3.94. The maximum absolute atomic E-state index is 14.4. The van der Waals surface area contributed by atoms with Gasteiger partial charge in [0.1, 0.15) is 0 Å². The summed E-state index contributed by atoms with van der Waals surface area (Å²) in [6.45, 7) is 3.91. The molecule has 2 aliphatic carbocycles. The minimum atomic E-state index is -2.62. The number of fused-ring (bicyclic) bond motifs is 2. The fourth-order valence-corrected chi connectivity index (χ4v) is 4.20. The van der Waals surface area contributed by atoms with Crippen molar-refractivity contribution < 1.29 is 8.78 Å². The summed E-state index contributed by atoms with van der Waals surface area (Å²) < 4.78 is 28.8. The molecule has 0 N–H and O–H groups in total. The molecule has 2 heteroatoms. The van der Waals surface area contributed by atoms with Crippen LogP contribution in [0.5, 0.6) is 0 Å². The van der Waals surface area contributed by atoms with Gasteiger partial charge in [0.2, 0.25) is 0 Å². The highest BCUT2D eigenvalue weighted by Crippen LogP contribution is 2.60. The molecule has 1 aromatic rings. The van der Waals surface area contributed by atoms with Gasteiger partial charge in [-0.1, -0.05) is 31.9 Å². The van der Waals surface area contributed by atoms with E-state index in [1.54, 1.807) is 0 Å². The summed E-state index contributed by atoms with van der Waals surface area (Å²) >= 11 is 0. The van der Waals surface area contributed by atoms with Gasteiger partial charge in [0, 0.05) is 17.4 Å². The van der Waals surface area contributed by atoms with Gasteiger partial charge in [-0.05, 0) is 42.9 Å². The van der Waals surface area contributed by atoms with E-state index in [0.29, 0.717) is 5.56 Å². The second kappa shape index (κ2) is 3.79. The predicted octanol–water partition coefficient (Wildman–Crippen LogP) is 4.86. The minimum absolute atomic E-state index is 0.0488. The lowest BCUT2D eigenvalue weighted by Crippen LogP contribution is -2.21. The van der Waals surface area contributed by atoms with Crippen molar-refractivity contribution in [2.24, 2.45) is 0 Å². The molecule has 0 nitrogen and oxygen atoms in total. The molecule has 0 aliphatic heterocycles. The summed E-state index contributed by atoms with van der Waals surface area (Å²) in [5.41, 5.74) is 3.10. The van der Waals surface area contributed by atoms with Gasteiger partial charge >= 0.3 is 0 Å². The average molecular weight is 250 g/mol. The van der Waals surface area contributed by atoms with Gasteiger partial charge in [-0.25, -0.2) is 8.78 Å². The third-order valence-electron chi connectivity index (χ3n) is 4.90. The van der Waals surface area contributed by atoms with Crippen LogP contribution in [0.2, 0.25) is 0 Å². The number of benzene rings is 1. The smallest absolute Gasteiger partial charge is 0.201 e. The summed E-state index contributed by atoms with van der Waals surface area (Å²) in [6.07, 6.45) is 5.02. The first kappa shape index (κ1) is 12.1. The third kappa shape index (κ3) is 1.47. The van der Waals surface area contributed by atoms with E-state index in [-0.39, 0.29) is 11.8 Å². The lowest BCUT2D eigenvalue weighted by atomic mass is 9.77. The van der Waals surface area contributed by atoms with E-state index in [2.05, 4.69) is 13.0 Å². The van der Waals surface area contributed by atoms with Crippen molar-refractivity contribution in [2.75, 3.05) is 0 Å². The number of hydrogen-bond donors (Lipinski definition) is 0. The van der Waals surface area contributed by atoms with E-state index >= 15 is 0 Å². The highest BCUT2D eigenvalue weighted by atomic mass is 19.3. The van der Waals surface area contributed by atoms with Gasteiger partial charge in [-0.15, -0.1) is 0 Å².